The van der Waals surface area contributed by atoms with Gasteiger partial charge in [-0.3, -0.25) is 4.79 Å². The molecule has 0 radical (unpaired) electrons. The molecule has 2 N–H and O–H groups in total. The van der Waals surface area contributed by atoms with Gasteiger partial charge in [0.15, 0.2) is 11.4 Å². The van der Waals surface area contributed by atoms with Gasteiger partial charge >= 0.3 is 0 Å². The maximum absolute atomic E-state index is 11.9. The molecule has 4 rings (SSSR count). The van der Waals surface area contributed by atoms with Gasteiger partial charge in [-0.1, -0.05) is 83.0 Å². The van der Waals surface area contributed by atoms with E-state index in [9.17, 15) is 9.90 Å². The molecule has 0 bridgehead atoms. The van der Waals surface area contributed by atoms with E-state index in [1.165, 1.54) is 0 Å². The Morgan fingerprint density at radius 1 is 1.14 bits per heavy atom. The number of hydrogen-bond acceptors (Lipinski definition) is 7. The van der Waals surface area contributed by atoms with Crippen LogP contribution in [0.3, 0.4) is 0 Å². The van der Waals surface area contributed by atoms with Gasteiger partial charge in [0, 0.05) is 30.5 Å². The average molecular weight is 558 g/mol. The van der Waals surface area contributed by atoms with E-state index in [-0.39, 0.29) is 18.8 Å². The van der Waals surface area contributed by atoms with Crippen molar-refractivity contribution in [2.24, 2.45) is 7.05 Å². The van der Waals surface area contributed by atoms with Gasteiger partial charge < -0.3 is 24.5 Å². The highest BCUT2D eigenvalue weighted by Crippen LogP contribution is 2.39. The molecule has 0 spiro atoms. The van der Waals surface area contributed by atoms with Crippen LogP contribution in [-0.2, 0) is 27.9 Å². The minimum atomic E-state index is -2.05. The van der Waals surface area contributed by atoms with Crippen molar-refractivity contribution in [3.8, 4) is 0 Å². The third-order valence-electron chi connectivity index (χ3n) is 5.38. The van der Waals surface area contributed by atoms with Crippen LogP contribution in [0.25, 0.3) is 0 Å². The fourth-order valence-electron chi connectivity index (χ4n) is 3.52. The van der Waals surface area contributed by atoms with Crippen LogP contribution in [0.15, 0.2) is 60.0 Å². The zero-order chi connectivity index (χ0) is 25.0. The van der Waals surface area contributed by atoms with Gasteiger partial charge in [-0.25, -0.2) is 0 Å². The van der Waals surface area contributed by atoms with Gasteiger partial charge in [0.1, 0.15) is 6.33 Å². The minimum absolute atomic E-state index is 0.0182. The highest BCUT2D eigenvalue weighted by atomic mass is 35.6. The molecule has 0 saturated carbocycles. The standard InChI is InChI=1S/C23H23Cl3N4O4S/c1-30-13-27-29-22(30)35-12-18-10-19(15-4-2-14(11-31)3-5-15)34-20(33-18)16-6-8-17(9-7-16)28-21(32)23(24,25)26/h2-9,13,18-20,31H,10-12H2,1H3,(H,28,32). The molecule has 2 aromatic carbocycles. The summed E-state index contributed by atoms with van der Waals surface area (Å²) in [6, 6.07) is 14.7. The number of carbonyl (C=O) groups is 1. The smallest absolute Gasteiger partial charge is 0.276 e. The summed E-state index contributed by atoms with van der Waals surface area (Å²) in [4.78, 5) is 11.9. The van der Waals surface area contributed by atoms with E-state index < -0.39 is 16.0 Å². The molecule has 12 heteroatoms. The second-order valence-electron chi connectivity index (χ2n) is 7.96. The first-order valence-electron chi connectivity index (χ1n) is 10.7. The van der Waals surface area contributed by atoms with Crippen molar-refractivity contribution in [2.75, 3.05) is 11.1 Å². The number of aromatic nitrogens is 3. The number of nitrogens with one attached hydrogen (secondary N) is 1. The van der Waals surface area contributed by atoms with Gasteiger partial charge in [0.05, 0.1) is 18.8 Å². The number of anilines is 1. The summed E-state index contributed by atoms with van der Waals surface area (Å²) >= 11 is 18.4. The van der Waals surface area contributed by atoms with Crippen molar-refractivity contribution in [3.05, 3.63) is 71.5 Å². The number of aliphatic hydroxyl groups excluding tert-OH is 1. The Kier molecular flexibility index (Phi) is 8.59. The first-order chi connectivity index (χ1) is 16.7. The molecule has 3 unspecified atom stereocenters. The average Bonchev–Trinajstić information content (AvgIpc) is 3.27. The zero-order valence-corrected chi connectivity index (χ0v) is 21.7. The van der Waals surface area contributed by atoms with E-state index in [1.807, 2.05) is 35.9 Å². The second-order valence-corrected chi connectivity index (χ2v) is 11.2. The highest BCUT2D eigenvalue weighted by Gasteiger charge is 2.33. The quantitative estimate of drug-likeness (QED) is 0.313. The Morgan fingerprint density at radius 2 is 1.83 bits per heavy atom. The van der Waals surface area contributed by atoms with E-state index in [4.69, 9.17) is 44.3 Å². The summed E-state index contributed by atoms with van der Waals surface area (Å²) in [5.74, 6) is -0.0812. The molecule has 1 fully saturated rings. The summed E-state index contributed by atoms with van der Waals surface area (Å²) in [6.07, 6.45) is 1.34. The van der Waals surface area contributed by atoms with Crippen molar-refractivity contribution < 1.29 is 19.4 Å². The van der Waals surface area contributed by atoms with Gasteiger partial charge in [-0.15, -0.1) is 10.2 Å². The lowest BCUT2D eigenvalue weighted by molar-refractivity contribution is -0.245. The van der Waals surface area contributed by atoms with E-state index in [1.54, 1.807) is 42.4 Å². The minimum Gasteiger partial charge on any atom is -0.392 e. The molecule has 35 heavy (non-hydrogen) atoms. The number of hydrogen-bond donors (Lipinski definition) is 2. The molecule has 186 valence electrons. The zero-order valence-electron chi connectivity index (χ0n) is 18.6. The van der Waals surface area contributed by atoms with Crippen molar-refractivity contribution in [2.45, 2.75) is 40.5 Å². The number of alkyl halides is 3. The number of benzene rings is 2. The highest BCUT2D eigenvalue weighted by molar-refractivity contribution is 7.99. The topological polar surface area (TPSA) is 98.5 Å². The number of ether oxygens (including phenoxy) is 2. The third kappa shape index (κ3) is 6.89. The second kappa shape index (κ2) is 11.5. The SMILES string of the molecule is Cn1cnnc1SCC1CC(c2ccc(CO)cc2)OC(c2ccc(NC(=O)C(Cl)(Cl)Cl)cc2)O1. The van der Waals surface area contributed by atoms with Crippen LogP contribution in [0, 0.1) is 0 Å². The Labute approximate surface area is 221 Å². The molecule has 8 nitrogen and oxygen atoms in total. The lowest BCUT2D eigenvalue weighted by atomic mass is 10.0. The molecule has 1 aliphatic rings. The molecular weight excluding hydrogens is 535 g/mol. The van der Waals surface area contributed by atoms with Gasteiger partial charge in [0.25, 0.3) is 9.70 Å². The fourth-order valence-corrected chi connectivity index (χ4v) is 4.57. The summed E-state index contributed by atoms with van der Waals surface area (Å²) in [7, 11) is 1.89. The molecule has 1 aliphatic heterocycles. The lowest BCUT2D eigenvalue weighted by Crippen LogP contribution is -2.31. The number of aryl methyl sites for hydroxylation is 1. The van der Waals surface area contributed by atoms with Crippen LogP contribution in [0.2, 0.25) is 0 Å². The predicted octanol–water partition coefficient (Wildman–Crippen LogP) is 4.95. The number of nitrogens with zero attached hydrogens (tertiary/aromatic N) is 3. The van der Waals surface area contributed by atoms with Crippen molar-refractivity contribution in [3.63, 3.8) is 0 Å². The van der Waals surface area contributed by atoms with Crippen molar-refractivity contribution >= 4 is 58.2 Å². The largest absolute Gasteiger partial charge is 0.392 e. The number of halogens is 3. The molecule has 3 aromatic rings. The van der Waals surface area contributed by atoms with Crippen LogP contribution in [0.4, 0.5) is 5.69 Å². The van der Waals surface area contributed by atoms with Gasteiger partial charge in [0.2, 0.25) is 0 Å². The number of carbonyl (C=O) groups excluding carboxylic acids is 1. The normalized spacial score (nSPS) is 20.5. The van der Waals surface area contributed by atoms with E-state index >= 15 is 0 Å². The Balaban J connectivity index is 1.51. The number of aliphatic hydroxyl groups is 1. The number of thioether (sulfide) groups is 1. The van der Waals surface area contributed by atoms with Crippen molar-refractivity contribution in [1.29, 1.82) is 0 Å². The van der Waals surface area contributed by atoms with Crippen LogP contribution in [0.1, 0.15) is 35.5 Å². The lowest BCUT2D eigenvalue weighted by Gasteiger charge is -2.36. The Bertz CT molecular complexity index is 1140. The fraction of sp³-hybridized carbons (Fsp3) is 0.348. The molecule has 1 amide bonds. The first-order valence-corrected chi connectivity index (χ1v) is 12.8. The summed E-state index contributed by atoms with van der Waals surface area (Å²) < 4.78 is 12.4. The molecule has 2 heterocycles. The van der Waals surface area contributed by atoms with Crippen LogP contribution in [0.5, 0.6) is 0 Å². The molecular formula is C23H23Cl3N4O4S. The van der Waals surface area contributed by atoms with E-state index in [2.05, 4.69) is 15.5 Å². The van der Waals surface area contributed by atoms with E-state index in [0.29, 0.717) is 17.9 Å². The van der Waals surface area contributed by atoms with Gasteiger partial charge in [-0.2, -0.15) is 0 Å². The Morgan fingerprint density at radius 3 is 2.43 bits per heavy atom. The monoisotopic (exact) mass is 556 g/mol. The molecule has 0 aliphatic carbocycles. The molecule has 1 aromatic heterocycles. The maximum Gasteiger partial charge on any atom is 0.276 e. The van der Waals surface area contributed by atoms with Crippen molar-refractivity contribution in [1.82, 2.24) is 14.8 Å². The summed E-state index contributed by atoms with van der Waals surface area (Å²) in [6.45, 7) is -0.0182. The first kappa shape index (κ1) is 26.2. The van der Waals surface area contributed by atoms with Crippen LogP contribution >= 0.6 is 46.6 Å². The Hall–Kier alpha value is -1.85. The van der Waals surface area contributed by atoms with Crippen LogP contribution < -0.4 is 5.32 Å². The number of amides is 1. The molecule has 3 atom stereocenters. The maximum atomic E-state index is 11.9. The summed E-state index contributed by atoms with van der Waals surface area (Å²) in [5.41, 5.74) is 3.09. The molecule has 1 saturated heterocycles. The predicted molar refractivity (Wildman–Crippen MR) is 136 cm³/mol. The summed E-state index contributed by atoms with van der Waals surface area (Å²) in [5, 5.41) is 20.8. The van der Waals surface area contributed by atoms with E-state index in [0.717, 1.165) is 21.8 Å². The third-order valence-corrected chi connectivity index (χ3v) is 7.06. The van der Waals surface area contributed by atoms with Gasteiger partial charge in [-0.05, 0) is 23.3 Å². The van der Waals surface area contributed by atoms with Crippen LogP contribution in [-0.4, -0.2) is 41.4 Å². The number of rotatable bonds is 7.